The Hall–Kier alpha value is -2.14. The lowest BCUT2D eigenvalue weighted by Crippen LogP contribution is -2.32. The number of pyridine rings is 1. The van der Waals surface area contributed by atoms with Gasteiger partial charge in [-0.1, -0.05) is 12.1 Å². The zero-order valence-electron chi connectivity index (χ0n) is 9.50. The molecule has 5 nitrogen and oxygen atoms in total. The van der Waals surface area contributed by atoms with Crippen LogP contribution in [-0.4, -0.2) is 28.9 Å². The van der Waals surface area contributed by atoms with Crippen molar-refractivity contribution < 1.29 is 14.6 Å². The Morgan fingerprint density at radius 1 is 1.33 bits per heavy atom. The highest BCUT2D eigenvalue weighted by molar-refractivity contribution is 5.92. The van der Waals surface area contributed by atoms with Gasteiger partial charge in [0.05, 0.1) is 24.8 Å². The minimum atomic E-state index is -1.19. The summed E-state index contributed by atoms with van der Waals surface area (Å²) < 4.78 is 6.95. The zero-order valence-corrected chi connectivity index (χ0v) is 9.50. The first kappa shape index (κ1) is 11.0. The number of benzene rings is 1. The van der Waals surface area contributed by atoms with Crippen molar-refractivity contribution in [2.75, 3.05) is 13.2 Å². The third kappa shape index (κ3) is 1.52. The summed E-state index contributed by atoms with van der Waals surface area (Å²) in [6, 6.07) is 7.14. The summed E-state index contributed by atoms with van der Waals surface area (Å²) in [7, 11) is 0. The van der Waals surface area contributed by atoms with Crippen LogP contribution < -0.4 is 5.43 Å². The second kappa shape index (κ2) is 3.96. The Morgan fingerprint density at radius 3 is 2.67 bits per heavy atom. The summed E-state index contributed by atoms with van der Waals surface area (Å²) in [6.45, 7) is 1.10. The third-order valence-electron chi connectivity index (χ3n) is 3.18. The maximum Gasteiger partial charge on any atom is 0.341 e. The standard InChI is InChI=1S/C13H11NO4/c15-12-9-3-1-2-4-11(9)14(8-6-18-7-8)5-10(12)13(16)17/h1-5,8H,6-7H2,(H,16,17). The molecule has 2 aromatic rings. The van der Waals surface area contributed by atoms with Crippen LogP contribution in [0.2, 0.25) is 0 Å². The molecule has 0 saturated carbocycles. The molecule has 0 spiro atoms. The first-order valence-corrected chi connectivity index (χ1v) is 5.63. The van der Waals surface area contributed by atoms with Crippen molar-refractivity contribution in [1.29, 1.82) is 0 Å². The van der Waals surface area contributed by atoms with E-state index in [2.05, 4.69) is 0 Å². The van der Waals surface area contributed by atoms with Gasteiger partial charge in [0.2, 0.25) is 5.43 Å². The fourth-order valence-electron chi connectivity index (χ4n) is 2.14. The maximum atomic E-state index is 12.0. The highest BCUT2D eigenvalue weighted by atomic mass is 16.5. The van der Waals surface area contributed by atoms with Gasteiger partial charge < -0.3 is 14.4 Å². The van der Waals surface area contributed by atoms with Gasteiger partial charge in [-0.15, -0.1) is 0 Å². The van der Waals surface area contributed by atoms with E-state index < -0.39 is 11.4 Å². The van der Waals surface area contributed by atoms with Crippen LogP contribution in [0, 0.1) is 0 Å². The molecule has 92 valence electrons. The molecule has 0 bridgehead atoms. The molecule has 0 radical (unpaired) electrons. The number of aromatic carboxylic acids is 1. The predicted octanol–water partition coefficient (Wildman–Crippen LogP) is 1.27. The van der Waals surface area contributed by atoms with Gasteiger partial charge in [0.25, 0.3) is 0 Å². The first-order chi connectivity index (χ1) is 8.68. The lowest BCUT2D eigenvalue weighted by Gasteiger charge is -2.30. The normalized spacial score (nSPS) is 15.6. The van der Waals surface area contributed by atoms with Crippen LogP contribution in [0.1, 0.15) is 16.4 Å². The van der Waals surface area contributed by atoms with Crippen molar-refractivity contribution in [3.63, 3.8) is 0 Å². The van der Waals surface area contributed by atoms with Crippen LogP contribution >= 0.6 is 0 Å². The molecule has 2 heterocycles. The van der Waals surface area contributed by atoms with E-state index in [1.165, 1.54) is 6.20 Å². The number of hydrogen-bond acceptors (Lipinski definition) is 3. The van der Waals surface area contributed by atoms with Crippen LogP contribution in [-0.2, 0) is 4.74 Å². The molecule has 5 heteroatoms. The van der Waals surface area contributed by atoms with Gasteiger partial charge in [-0.05, 0) is 12.1 Å². The lowest BCUT2D eigenvalue weighted by molar-refractivity contribution is -0.0217. The van der Waals surface area contributed by atoms with Gasteiger partial charge in [-0.2, -0.15) is 0 Å². The van der Waals surface area contributed by atoms with Crippen LogP contribution in [0.15, 0.2) is 35.3 Å². The maximum absolute atomic E-state index is 12.0. The molecule has 1 aliphatic heterocycles. The smallest absolute Gasteiger partial charge is 0.341 e. The molecule has 1 aromatic carbocycles. The molecule has 0 amide bonds. The number of hydrogen-bond donors (Lipinski definition) is 1. The van der Waals surface area contributed by atoms with Crippen molar-refractivity contribution >= 4 is 16.9 Å². The number of carbonyl (C=O) groups is 1. The van der Waals surface area contributed by atoms with Crippen molar-refractivity contribution in [3.8, 4) is 0 Å². The number of para-hydroxylation sites is 1. The van der Waals surface area contributed by atoms with E-state index in [1.807, 2.05) is 16.7 Å². The third-order valence-corrected chi connectivity index (χ3v) is 3.18. The van der Waals surface area contributed by atoms with Crippen LogP contribution in [0.4, 0.5) is 0 Å². The minimum Gasteiger partial charge on any atom is -0.477 e. The van der Waals surface area contributed by atoms with Gasteiger partial charge in [0.1, 0.15) is 5.56 Å². The van der Waals surface area contributed by atoms with Crippen LogP contribution in [0.25, 0.3) is 10.9 Å². The van der Waals surface area contributed by atoms with Gasteiger partial charge in [0, 0.05) is 11.6 Å². The highest BCUT2D eigenvalue weighted by Crippen LogP contribution is 2.22. The monoisotopic (exact) mass is 245 g/mol. The van der Waals surface area contributed by atoms with Crippen molar-refractivity contribution in [2.45, 2.75) is 6.04 Å². The summed E-state index contributed by atoms with van der Waals surface area (Å²) >= 11 is 0. The topological polar surface area (TPSA) is 68.5 Å². The van der Waals surface area contributed by atoms with Crippen molar-refractivity contribution in [3.05, 3.63) is 46.2 Å². The molecule has 1 fully saturated rings. The summed E-state index contributed by atoms with van der Waals surface area (Å²) in [6.07, 6.45) is 1.42. The number of fused-ring (bicyclic) bond motifs is 1. The van der Waals surface area contributed by atoms with Crippen molar-refractivity contribution in [1.82, 2.24) is 4.57 Å². The Labute approximate surface area is 102 Å². The Kier molecular flexibility index (Phi) is 2.41. The highest BCUT2D eigenvalue weighted by Gasteiger charge is 2.23. The second-order valence-corrected chi connectivity index (χ2v) is 4.29. The molecular weight excluding hydrogens is 234 g/mol. The Balaban J connectivity index is 2.36. The van der Waals surface area contributed by atoms with E-state index in [4.69, 9.17) is 9.84 Å². The number of carboxylic acid groups (broad SMARTS) is 1. The summed E-state index contributed by atoms with van der Waals surface area (Å²) in [5.74, 6) is -1.19. The molecule has 1 saturated heterocycles. The second-order valence-electron chi connectivity index (χ2n) is 4.29. The molecule has 1 aromatic heterocycles. The van der Waals surface area contributed by atoms with Crippen molar-refractivity contribution in [2.24, 2.45) is 0 Å². The van der Waals surface area contributed by atoms with Gasteiger partial charge in [0.15, 0.2) is 0 Å². The lowest BCUT2D eigenvalue weighted by atomic mass is 10.1. The summed E-state index contributed by atoms with van der Waals surface area (Å²) in [5, 5.41) is 9.51. The number of nitrogens with zero attached hydrogens (tertiary/aromatic N) is 1. The van der Waals surface area contributed by atoms with Crippen LogP contribution in [0.3, 0.4) is 0 Å². The summed E-state index contributed by atoms with van der Waals surface area (Å²) in [4.78, 5) is 23.1. The minimum absolute atomic E-state index is 0.105. The van der Waals surface area contributed by atoms with E-state index in [-0.39, 0.29) is 11.6 Å². The molecule has 1 N–H and O–H groups in total. The van der Waals surface area contributed by atoms with Gasteiger partial charge in [-0.25, -0.2) is 4.79 Å². The SMILES string of the molecule is O=C(O)c1cn(C2COC2)c2ccccc2c1=O. The molecule has 0 atom stereocenters. The Morgan fingerprint density at radius 2 is 2.06 bits per heavy atom. The molecule has 0 aliphatic carbocycles. The van der Waals surface area contributed by atoms with E-state index in [1.54, 1.807) is 12.1 Å². The summed E-state index contributed by atoms with van der Waals surface area (Å²) in [5.41, 5.74) is 0.121. The largest absolute Gasteiger partial charge is 0.477 e. The first-order valence-electron chi connectivity index (χ1n) is 5.63. The van der Waals surface area contributed by atoms with E-state index >= 15 is 0 Å². The van der Waals surface area contributed by atoms with Gasteiger partial charge in [-0.3, -0.25) is 4.79 Å². The van der Waals surface area contributed by atoms with Gasteiger partial charge >= 0.3 is 5.97 Å². The number of ether oxygens (including phenoxy) is 1. The zero-order chi connectivity index (χ0) is 12.7. The molecule has 0 unspecified atom stereocenters. The van der Waals surface area contributed by atoms with E-state index in [0.29, 0.717) is 18.6 Å². The fraction of sp³-hybridized carbons (Fsp3) is 0.231. The quantitative estimate of drug-likeness (QED) is 0.865. The number of carboxylic acids is 1. The molecule has 3 rings (SSSR count). The molecule has 1 aliphatic rings. The fourth-order valence-corrected chi connectivity index (χ4v) is 2.14. The Bertz CT molecular complexity index is 685. The number of aromatic nitrogens is 1. The van der Waals surface area contributed by atoms with E-state index in [9.17, 15) is 9.59 Å². The molecular formula is C13H11NO4. The van der Waals surface area contributed by atoms with E-state index in [0.717, 1.165) is 5.52 Å². The predicted molar refractivity (Wildman–Crippen MR) is 65.0 cm³/mol. The number of rotatable bonds is 2. The average Bonchev–Trinajstić information content (AvgIpc) is 2.30. The molecule has 18 heavy (non-hydrogen) atoms. The van der Waals surface area contributed by atoms with Crippen LogP contribution in [0.5, 0.6) is 0 Å². The average molecular weight is 245 g/mol.